The minimum atomic E-state index is -0.331. The smallest absolute Gasteiger partial charge is 0.267 e. The molecule has 4 aromatic rings. The SMILES string of the molecule is O=c1c2ccccc2nc(-c2cccnc2)n1N=Cc1ccc(F)cc1. The van der Waals surface area contributed by atoms with Crippen LogP contribution in [0.5, 0.6) is 0 Å². The Balaban J connectivity index is 1.92. The molecule has 2 aromatic carbocycles. The van der Waals surface area contributed by atoms with Crippen molar-refractivity contribution in [2.24, 2.45) is 5.10 Å². The molecule has 0 unspecified atom stereocenters. The lowest BCUT2D eigenvalue weighted by atomic mass is 10.2. The Morgan fingerprint density at radius 2 is 1.81 bits per heavy atom. The Labute approximate surface area is 148 Å². The van der Waals surface area contributed by atoms with Gasteiger partial charge in [-0.2, -0.15) is 9.78 Å². The molecule has 0 saturated heterocycles. The number of halogens is 1. The molecule has 4 rings (SSSR count). The zero-order valence-electron chi connectivity index (χ0n) is 13.6. The molecule has 0 radical (unpaired) electrons. The van der Waals surface area contributed by atoms with Gasteiger partial charge in [0.1, 0.15) is 5.82 Å². The van der Waals surface area contributed by atoms with Crippen molar-refractivity contribution in [2.45, 2.75) is 0 Å². The van der Waals surface area contributed by atoms with Crippen molar-refractivity contribution in [3.63, 3.8) is 0 Å². The minimum Gasteiger partial charge on any atom is -0.267 e. The second-order valence-corrected chi connectivity index (χ2v) is 5.61. The summed E-state index contributed by atoms with van der Waals surface area (Å²) in [7, 11) is 0. The van der Waals surface area contributed by atoms with E-state index in [-0.39, 0.29) is 11.4 Å². The maximum atomic E-state index is 13.1. The summed E-state index contributed by atoms with van der Waals surface area (Å²) < 4.78 is 14.3. The number of para-hydroxylation sites is 1. The lowest BCUT2D eigenvalue weighted by molar-refractivity contribution is 0.628. The number of aromatic nitrogens is 3. The van der Waals surface area contributed by atoms with Gasteiger partial charge < -0.3 is 0 Å². The van der Waals surface area contributed by atoms with E-state index in [1.54, 1.807) is 48.8 Å². The Kier molecular flexibility index (Phi) is 4.07. The standard InChI is InChI=1S/C20H13FN4O/c21-16-9-7-14(8-10-16)12-23-25-19(15-4-3-11-22-13-15)24-18-6-2-1-5-17(18)20(25)26/h1-13H. The number of pyridine rings is 1. The van der Waals surface area contributed by atoms with Crippen molar-refractivity contribution >= 4 is 17.1 Å². The fourth-order valence-electron chi connectivity index (χ4n) is 2.59. The Morgan fingerprint density at radius 3 is 2.58 bits per heavy atom. The van der Waals surface area contributed by atoms with Crippen molar-refractivity contribution in [3.05, 3.63) is 94.8 Å². The summed E-state index contributed by atoms with van der Waals surface area (Å²) in [6.07, 6.45) is 4.77. The molecule has 5 nitrogen and oxygen atoms in total. The number of rotatable bonds is 3. The van der Waals surface area contributed by atoms with Gasteiger partial charge in [-0.15, -0.1) is 0 Å². The van der Waals surface area contributed by atoms with Crippen LogP contribution in [-0.4, -0.2) is 20.9 Å². The topological polar surface area (TPSA) is 60.1 Å². The molecule has 126 valence electrons. The number of benzene rings is 2. The van der Waals surface area contributed by atoms with Crippen LogP contribution >= 0.6 is 0 Å². The summed E-state index contributed by atoms with van der Waals surface area (Å²) in [4.78, 5) is 21.6. The highest BCUT2D eigenvalue weighted by atomic mass is 19.1. The molecule has 0 fully saturated rings. The highest BCUT2D eigenvalue weighted by molar-refractivity contribution is 5.81. The normalized spacial score (nSPS) is 11.3. The first-order valence-corrected chi connectivity index (χ1v) is 7.94. The quantitative estimate of drug-likeness (QED) is 0.535. The third-order valence-corrected chi connectivity index (χ3v) is 3.87. The van der Waals surface area contributed by atoms with Gasteiger partial charge in [0.25, 0.3) is 5.56 Å². The largest absolute Gasteiger partial charge is 0.282 e. The van der Waals surface area contributed by atoms with Crippen molar-refractivity contribution in [1.29, 1.82) is 0 Å². The van der Waals surface area contributed by atoms with Gasteiger partial charge in [0.15, 0.2) is 5.82 Å². The zero-order chi connectivity index (χ0) is 17.9. The molecule has 0 saturated carbocycles. The molecule has 0 amide bonds. The van der Waals surface area contributed by atoms with Crippen LogP contribution in [0, 0.1) is 5.82 Å². The van der Waals surface area contributed by atoms with Crippen LogP contribution in [0.4, 0.5) is 4.39 Å². The van der Waals surface area contributed by atoms with E-state index in [4.69, 9.17) is 0 Å². The zero-order valence-corrected chi connectivity index (χ0v) is 13.6. The minimum absolute atomic E-state index is 0.284. The number of fused-ring (bicyclic) bond motifs is 1. The average Bonchev–Trinajstić information content (AvgIpc) is 2.69. The van der Waals surface area contributed by atoms with E-state index in [9.17, 15) is 9.18 Å². The van der Waals surface area contributed by atoms with Gasteiger partial charge in [-0.05, 0) is 42.0 Å². The average molecular weight is 344 g/mol. The fraction of sp³-hybridized carbons (Fsp3) is 0. The summed E-state index contributed by atoms with van der Waals surface area (Å²) >= 11 is 0. The predicted molar refractivity (Wildman–Crippen MR) is 98.6 cm³/mol. The maximum Gasteiger partial charge on any atom is 0.282 e. The molecule has 0 bridgehead atoms. The van der Waals surface area contributed by atoms with Crippen LogP contribution in [0.2, 0.25) is 0 Å². The van der Waals surface area contributed by atoms with E-state index >= 15 is 0 Å². The molecule has 0 spiro atoms. The van der Waals surface area contributed by atoms with Crippen LogP contribution in [0.1, 0.15) is 5.56 Å². The number of nitrogens with zero attached hydrogens (tertiary/aromatic N) is 4. The van der Waals surface area contributed by atoms with E-state index < -0.39 is 0 Å². The third-order valence-electron chi connectivity index (χ3n) is 3.87. The van der Waals surface area contributed by atoms with Gasteiger partial charge in [-0.1, -0.05) is 24.3 Å². The molecule has 0 aliphatic rings. The fourth-order valence-corrected chi connectivity index (χ4v) is 2.59. The van der Waals surface area contributed by atoms with Gasteiger partial charge in [0, 0.05) is 18.0 Å². The summed E-state index contributed by atoms with van der Waals surface area (Å²) in [5.41, 5.74) is 1.65. The number of hydrogen-bond acceptors (Lipinski definition) is 4. The lowest BCUT2D eigenvalue weighted by Gasteiger charge is -2.09. The van der Waals surface area contributed by atoms with E-state index in [0.29, 0.717) is 27.9 Å². The predicted octanol–water partition coefficient (Wildman–Crippen LogP) is 3.48. The molecular weight excluding hydrogens is 331 g/mol. The third kappa shape index (κ3) is 3.00. The second kappa shape index (κ2) is 6.68. The first-order valence-electron chi connectivity index (χ1n) is 7.94. The van der Waals surface area contributed by atoms with E-state index in [0.717, 1.165) is 0 Å². The maximum absolute atomic E-state index is 13.1. The van der Waals surface area contributed by atoms with Gasteiger partial charge in [-0.25, -0.2) is 9.37 Å². The summed E-state index contributed by atoms with van der Waals surface area (Å²) in [6, 6.07) is 16.5. The van der Waals surface area contributed by atoms with Crippen LogP contribution < -0.4 is 5.56 Å². The molecule has 2 aromatic heterocycles. The van der Waals surface area contributed by atoms with Crippen LogP contribution in [0.3, 0.4) is 0 Å². The molecule has 6 heteroatoms. The molecule has 2 heterocycles. The molecular formula is C20H13FN4O. The van der Waals surface area contributed by atoms with E-state index in [1.807, 2.05) is 12.1 Å². The molecule has 0 aliphatic heterocycles. The van der Waals surface area contributed by atoms with Crippen molar-refractivity contribution in [3.8, 4) is 11.4 Å². The van der Waals surface area contributed by atoms with E-state index in [1.165, 1.54) is 23.0 Å². The van der Waals surface area contributed by atoms with Crippen molar-refractivity contribution in [2.75, 3.05) is 0 Å². The first kappa shape index (κ1) is 15.8. The van der Waals surface area contributed by atoms with Crippen LogP contribution in [0.25, 0.3) is 22.3 Å². The summed E-state index contributed by atoms with van der Waals surface area (Å²) in [5, 5.41) is 4.77. The molecule has 0 N–H and O–H groups in total. The highest BCUT2D eigenvalue weighted by Gasteiger charge is 2.12. The van der Waals surface area contributed by atoms with Crippen LogP contribution in [0.15, 0.2) is 83.0 Å². The Hall–Kier alpha value is -3.67. The second-order valence-electron chi connectivity index (χ2n) is 5.61. The first-order chi connectivity index (χ1) is 12.7. The number of hydrogen-bond donors (Lipinski definition) is 0. The monoisotopic (exact) mass is 344 g/mol. The van der Waals surface area contributed by atoms with Crippen LogP contribution in [-0.2, 0) is 0 Å². The lowest BCUT2D eigenvalue weighted by Crippen LogP contribution is -2.20. The summed E-state index contributed by atoms with van der Waals surface area (Å²) in [5.74, 6) is 0.0582. The van der Waals surface area contributed by atoms with Gasteiger partial charge in [0.05, 0.1) is 17.1 Å². The molecule has 0 atom stereocenters. The van der Waals surface area contributed by atoms with Crippen molar-refractivity contribution in [1.82, 2.24) is 14.6 Å². The molecule has 26 heavy (non-hydrogen) atoms. The Morgan fingerprint density at radius 1 is 1.00 bits per heavy atom. The van der Waals surface area contributed by atoms with Gasteiger partial charge in [-0.3, -0.25) is 9.78 Å². The van der Waals surface area contributed by atoms with Gasteiger partial charge >= 0.3 is 0 Å². The summed E-state index contributed by atoms with van der Waals surface area (Å²) in [6.45, 7) is 0. The Bertz CT molecular complexity index is 1150. The molecule has 0 aliphatic carbocycles. The highest BCUT2D eigenvalue weighted by Crippen LogP contribution is 2.17. The van der Waals surface area contributed by atoms with Gasteiger partial charge in [0.2, 0.25) is 0 Å². The van der Waals surface area contributed by atoms with Crippen molar-refractivity contribution < 1.29 is 4.39 Å². The van der Waals surface area contributed by atoms with E-state index in [2.05, 4.69) is 15.1 Å².